The number of nitrogens with one attached hydrogen (secondary N) is 1. The molecule has 0 aromatic heterocycles. The number of carbonyl (C=O) groups is 2. The summed E-state index contributed by atoms with van der Waals surface area (Å²) >= 11 is 1.44. The second-order valence-electron chi connectivity index (χ2n) is 5.39. The van der Waals surface area contributed by atoms with Crippen LogP contribution in [0.3, 0.4) is 0 Å². The largest absolute Gasteiger partial charge is 0.464 e. The molecule has 0 spiro atoms. The Hall–Kier alpha value is -1.77. The summed E-state index contributed by atoms with van der Waals surface area (Å²) < 4.78 is 21.1. The first-order valence-corrected chi connectivity index (χ1v) is 10.2. The number of thioether (sulfide) groups is 1. The van der Waals surface area contributed by atoms with Gasteiger partial charge in [0, 0.05) is 24.7 Å². The minimum atomic E-state index is -0.804. The van der Waals surface area contributed by atoms with Crippen molar-refractivity contribution in [1.82, 2.24) is 5.32 Å². The Morgan fingerprint density at radius 2 is 1.63 bits per heavy atom. The van der Waals surface area contributed by atoms with Gasteiger partial charge >= 0.3 is 12.1 Å². The molecule has 0 aliphatic carbocycles. The van der Waals surface area contributed by atoms with Crippen LogP contribution >= 0.6 is 11.8 Å². The lowest BCUT2D eigenvalue weighted by Gasteiger charge is -2.19. The van der Waals surface area contributed by atoms with E-state index in [2.05, 4.69) is 5.32 Å². The molecule has 0 saturated heterocycles. The van der Waals surface area contributed by atoms with E-state index in [1.165, 1.54) is 11.8 Å². The standard InChI is InChI=1S/C19H29NO6S/c1-4-23-17(24-5-2)14-27-13-16(18(21)25-6-3)20-19(22)26-12-15-10-8-7-9-11-15/h7-11,16-17H,4-6,12-14H2,1-3H3,(H,20,22)/t16-/m0/s1. The van der Waals surface area contributed by atoms with Crippen LogP contribution in [0.1, 0.15) is 26.3 Å². The van der Waals surface area contributed by atoms with Crippen molar-refractivity contribution in [2.75, 3.05) is 31.3 Å². The van der Waals surface area contributed by atoms with Gasteiger partial charge in [-0.25, -0.2) is 9.59 Å². The first-order chi connectivity index (χ1) is 13.1. The van der Waals surface area contributed by atoms with Crippen LogP contribution in [0.4, 0.5) is 4.79 Å². The van der Waals surface area contributed by atoms with Gasteiger partial charge in [-0.15, -0.1) is 0 Å². The molecule has 7 nitrogen and oxygen atoms in total. The predicted octanol–water partition coefficient (Wildman–Crippen LogP) is 2.98. The lowest BCUT2D eigenvalue weighted by Crippen LogP contribution is -2.44. The fraction of sp³-hybridized carbons (Fsp3) is 0.579. The van der Waals surface area contributed by atoms with E-state index >= 15 is 0 Å². The zero-order valence-electron chi connectivity index (χ0n) is 16.1. The molecule has 1 aromatic carbocycles. The topological polar surface area (TPSA) is 83.1 Å². The smallest absolute Gasteiger partial charge is 0.408 e. The van der Waals surface area contributed by atoms with E-state index < -0.39 is 18.1 Å². The van der Waals surface area contributed by atoms with Crippen molar-refractivity contribution in [2.45, 2.75) is 39.7 Å². The SMILES string of the molecule is CCOC(=O)[C@H](CSCC(OCC)OCC)NC(=O)OCc1ccccc1. The van der Waals surface area contributed by atoms with Gasteiger partial charge < -0.3 is 24.3 Å². The van der Waals surface area contributed by atoms with Crippen LogP contribution in [0.15, 0.2) is 30.3 Å². The molecule has 1 aromatic rings. The maximum Gasteiger partial charge on any atom is 0.408 e. The normalized spacial score (nSPS) is 11.9. The van der Waals surface area contributed by atoms with Gasteiger partial charge in [-0.3, -0.25) is 0 Å². The van der Waals surface area contributed by atoms with Crippen molar-refractivity contribution in [2.24, 2.45) is 0 Å². The van der Waals surface area contributed by atoms with Crippen LogP contribution in [0, 0.1) is 0 Å². The minimum absolute atomic E-state index is 0.131. The molecule has 1 atom stereocenters. The lowest BCUT2D eigenvalue weighted by atomic mass is 10.2. The molecule has 152 valence electrons. The summed E-state index contributed by atoms with van der Waals surface area (Å²) in [5.74, 6) is 0.375. The number of ether oxygens (including phenoxy) is 4. The second kappa shape index (κ2) is 14.3. The number of benzene rings is 1. The van der Waals surface area contributed by atoms with Crippen molar-refractivity contribution in [3.05, 3.63) is 35.9 Å². The molecule has 1 amide bonds. The summed E-state index contributed by atoms with van der Waals surface area (Å²) in [6.45, 7) is 6.95. The quantitative estimate of drug-likeness (QED) is 0.403. The summed E-state index contributed by atoms with van der Waals surface area (Å²) in [6.07, 6.45) is -1.01. The zero-order chi connectivity index (χ0) is 19.9. The Kier molecular flexibility index (Phi) is 12.3. The first kappa shape index (κ1) is 23.3. The Morgan fingerprint density at radius 1 is 0.963 bits per heavy atom. The molecule has 0 aliphatic rings. The molecule has 0 heterocycles. The van der Waals surface area contributed by atoms with Gasteiger partial charge in [-0.1, -0.05) is 30.3 Å². The van der Waals surface area contributed by atoms with Gasteiger partial charge in [0.1, 0.15) is 12.6 Å². The van der Waals surface area contributed by atoms with E-state index in [4.69, 9.17) is 18.9 Å². The summed E-state index contributed by atoms with van der Waals surface area (Å²) in [7, 11) is 0. The molecule has 1 rings (SSSR count). The number of amides is 1. The molecule has 0 fully saturated rings. The number of esters is 1. The van der Waals surface area contributed by atoms with Crippen molar-refractivity contribution < 1.29 is 28.5 Å². The lowest BCUT2D eigenvalue weighted by molar-refractivity contribution is -0.144. The van der Waals surface area contributed by atoms with Gasteiger partial charge in [-0.05, 0) is 26.3 Å². The highest BCUT2D eigenvalue weighted by Gasteiger charge is 2.23. The van der Waals surface area contributed by atoms with Crippen molar-refractivity contribution >= 4 is 23.8 Å². The average Bonchev–Trinajstić information content (AvgIpc) is 2.67. The summed E-state index contributed by atoms with van der Waals surface area (Å²) in [5.41, 5.74) is 0.867. The third-order valence-electron chi connectivity index (χ3n) is 3.32. The maximum absolute atomic E-state index is 12.1. The molecule has 27 heavy (non-hydrogen) atoms. The molecule has 0 aliphatic heterocycles. The Morgan fingerprint density at radius 3 is 2.22 bits per heavy atom. The maximum atomic E-state index is 12.1. The molecule has 0 unspecified atom stereocenters. The van der Waals surface area contributed by atoms with Crippen molar-refractivity contribution in [3.63, 3.8) is 0 Å². The van der Waals surface area contributed by atoms with Crippen LogP contribution < -0.4 is 5.32 Å². The van der Waals surface area contributed by atoms with Crippen LogP contribution in [0.2, 0.25) is 0 Å². The van der Waals surface area contributed by atoms with E-state index in [0.29, 0.717) is 24.7 Å². The number of alkyl carbamates (subject to hydrolysis) is 1. The first-order valence-electron chi connectivity index (χ1n) is 9.05. The van der Waals surface area contributed by atoms with E-state index in [-0.39, 0.29) is 19.5 Å². The van der Waals surface area contributed by atoms with E-state index in [1.807, 2.05) is 44.2 Å². The van der Waals surface area contributed by atoms with Crippen LogP contribution in [-0.2, 0) is 30.3 Å². The Labute approximate surface area is 165 Å². The number of carbonyl (C=O) groups excluding carboxylic acids is 2. The fourth-order valence-corrected chi connectivity index (χ4v) is 3.09. The van der Waals surface area contributed by atoms with E-state index in [0.717, 1.165) is 5.56 Å². The molecule has 0 bridgehead atoms. The number of hydrogen-bond acceptors (Lipinski definition) is 7. The summed E-state index contributed by atoms with van der Waals surface area (Å²) in [5, 5.41) is 2.57. The molecule has 0 radical (unpaired) electrons. The van der Waals surface area contributed by atoms with Gasteiger partial charge in [0.25, 0.3) is 0 Å². The van der Waals surface area contributed by atoms with Gasteiger partial charge in [0.2, 0.25) is 0 Å². The Balaban J connectivity index is 2.49. The third-order valence-corrected chi connectivity index (χ3v) is 4.40. The van der Waals surface area contributed by atoms with Crippen molar-refractivity contribution in [1.29, 1.82) is 0 Å². The highest BCUT2D eigenvalue weighted by Crippen LogP contribution is 2.11. The predicted molar refractivity (Wildman–Crippen MR) is 105 cm³/mol. The van der Waals surface area contributed by atoms with Crippen molar-refractivity contribution in [3.8, 4) is 0 Å². The highest BCUT2D eigenvalue weighted by molar-refractivity contribution is 7.99. The molecule has 1 N–H and O–H groups in total. The van der Waals surface area contributed by atoms with Crippen LogP contribution in [0.5, 0.6) is 0 Å². The minimum Gasteiger partial charge on any atom is -0.464 e. The third kappa shape index (κ3) is 10.2. The molecular weight excluding hydrogens is 370 g/mol. The zero-order valence-corrected chi connectivity index (χ0v) is 17.0. The van der Waals surface area contributed by atoms with E-state index in [1.54, 1.807) is 6.92 Å². The average molecular weight is 400 g/mol. The van der Waals surface area contributed by atoms with Crippen LogP contribution in [0.25, 0.3) is 0 Å². The molecular formula is C19H29NO6S. The highest BCUT2D eigenvalue weighted by atomic mass is 32.2. The van der Waals surface area contributed by atoms with Crippen LogP contribution in [-0.4, -0.2) is 55.7 Å². The Bertz CT molecular complexity index is 536. The molecule has 8 heteroatoms. The number of rotatable bonds is 13. The van der Waals surface area contributed by atoms with Gasteiger partial charge in [0.15, 0.2) is 6.29 Å². The fourth-order valence-electron chi connectivity index (χ4n) is 2.12. The van der Waals surface area contributed by atoms with Gasteiger partial charge in [0.05, 0.1) is 6.61 Å². The monoisotopic (exact) mass is 399 g/mol. The van der Waals surface area contributed by atoms with Gasteiger partial charge in [-0.2, -0.15) is 11.8 Å². The summed E-state index contributed by atoms with van der Waals surface area (Å²) in [6, 6.07) is 8.52. The second-order valence-corrected chi connectivity index (χ2v) is 6.46. The summed E-state index contributed by atoms with van der Waals surface area (Å²) in [4.78, 5) is 24.1. The number of hydrogen-bond donors (Lipinski definition) is 1. The molecule has 0 saturated carbocycles. The van der Waals surface area contributed by atoms with E-state index in [9.17, 15) is 9.59 Å².